The molecule has 1 aliphatic heterocycles. The van der Waals surface area contributed by atoms with E-state index in [-0.39, 0.29) is 24.1 Å². The number of carbonyl (C=O) groups excluding carboxylic acids is 2. The van der Waals surface area contributed by atoms with Crippen LogP contribution >= 0.6 is 11.6 Å². The van der Waals surface area contributed by atoms with Crippen LogP contribution in [-0.2, 0) is 16.1 Å². The number of amides is 2. The van der Waals surface area contributed by atoms with Crippen LogP contribution in [0.4, 0.5) is 5.69 Å². The maximum atomic E-state index is 13.6. The summed E-state index contributed by atoms with van der Waals surface area (Å²) >= 11 is 6.32. The quantitative estimate of drug-likeness (QED) is 0.367. The summed E-state index contributed by atoms with van der Waals surface area (Å²) in [4.78, 5) is 28.4. The van der Waals surface area contributed by atoms with Crippen LogP contribution in [0.15, 0.2) is 96.7 Å². The average Bonchev–Trinajstić information content (AvgIpc) is 3.05. The summed E-state index contributed by atoms with van der Waals surface area (Å²) in [5, 5.41) is 5.83. The predicted molar refractivity (Wildman–Crippen MR) is 133 cm³/mol. The zero-order valence-electron chi connectivity index (χ0n) is 18.0. The second-order valence-electron chi connectivity index (χ2n) is 8.06. The van der Waals surface area contributed by atoms with Gasteiger partial charge in [-0.2, -0.15) is 0 Å². The first-order valence-corrected chi connectivity index (χ1v) is 11.1. The van der Waals surface area contributed by atoms with Gasteiger partial charge in [0.05, 0.1) is 12.1 Å². The van der Waals surface area contributed by atoms with E-state index in [1.807, 2.05) is 91.9 Å². The number of rotatable bonds is 5. The Morgan fingerprint density at radius 2 is 1.48 bits per heavy atom. The van der Waals surface area contributed by atoms with Crippen molar-refractivity contribution < 1.29 is 9.59 Å². The second-order valence-corrected chi connectivity index (χ2v) is 8.46. The minimum Gasteiger partial charge on any atom is -0.350 e. The van der Waals surface area contributed by atoms with E-state index in [1.54, 1.807) is 6.07 Å². The number of imide groups is 1. The zero-order valence-corrected chi connectivity index (χ0v) is 18.8. The third kappa shape index (κ3) is 3.90. The van der Waals surface area contributed by atoms with Crippen molar-refractivity contribution in [2.75, 3.05) is 5.32 Å². The summed E-state index contributed by atoms with van der Waals surface area (Å²) in [5.74, 6) is -0.713. The van der Waals surface area contributed by atoms with E-state index in [0.29, 0.717) is 16.2 Å². The Labute approximate surface area is 197 Å². The standard InChI is InChI=1S/C28H21ClN2O2/c1-18-13-15-20(16-14-18)25-26(30-24-12-6-9-19-7-2-4-10-22(19)24)28(33)31(27(25)32)17-21-8-3-5-11-23(21)29/h2-16,30H,17H2,1H3. The molecule has 4 nitrogen and oxygen atoms in total. The van der Waals surface area contributed by atoms with Gasteiger partial charge in [0.1, 0.15) is 5.70 Å². The highest BCUT2D eigenvalue weighted by atomic mass is 35.5. The molecule has 5 heteroatoms. The number of aryl methyl sites for hydroxylation is 1. The molecule has 0 radical (unpaired) electrons. The number of nitrogens with one attached hydrogen (secondary N) is 1. The summed E-state index contributed by atoms with van der Waals surface area (Å²) in [6, 6.07) is 28.7. The van der Waals surface area contributed by atoms with Crippen molar-refractivity contribution in [1.82, 2.24) is 4.90 Å². The molecule has 0 aliphatic carbocycles. The van der Waals surface area contributed by atoms with Crippen molar-refractivity contribution in [1.29, 1.82) is 0 Å². The SMILES string of the molecule is Cc1ccc(C2=C(Nc3cccc4ccccc34)C(=O)N(Cc3ccccc3Cl)C2=O)cc1. The van der Waals surface area contributed by atoms with Gasteiger partial charge in [-0.05, 0) is 35.6 Å². The molecule has 0 unspecified atom stereocenters. The van der Waals surface area contributed by atoms with Gasteiger partial charge in [0, 0.05) is 16.1 Å². The molecule has 0 fully saturated rings. The lowest BCUT2D eigenvalue weighted by Gasteiger charge is -2.16. The van der Waals surface area contributed by atoms with Crippen molar-refractivity contribution in [3.05, 3.63) is 118 Å². The number of anilines is 1. The summed E-state index contributed by atoms with van der Waals surface area (Å²) in [5.41, 5.74) is 3.90. The molecule has 0 saturated heterocycles. The fourth-order valence-electron chi connectivity index (χ4n) is 4.09. The van der Waals surface area contributed by atoms with Gasteiger partial charge in [-0.3, -0.25) is 14.5 Å². The van der Waals surface area contributed by atoms with E-state index in [0.717, 1.165) is 27.6 Å². The van der Waals surface area contributed by atoms with Crippen LogP contribution in [0.1, 0.15) is 16.7 Å². The lowest BCUT2D eigenvalue weighted by atomic mass is 10.0. The maximum absolute atomic E-state index is 13.6. The van der Waals surface area contributed by atoms with Crippen LogP contribution in [0.5, 0.6) is 0 Å². The number of fused-ring (bicyclic) bond motifs is 1. The number of carbonyl (C=O) groups is 2. The average molecular weight is 453 g/mol. The van der Waals surface area contributed by atoms with Gasteiger partial charge in [0.15, 0.2) is 0 Å². The summed E-state index contributed by atoms with van der Waals surface area (Å²) in [6.45, 7) is 2.09. The van der Waals surface area contributed by atoms with Crippen LogP contribution in [0, 0.1) is 6.92 Å². The number of halogens is 1. The molecule has 1 N–H and O–H groups in total. The van der Waals surface area contributed by atoms with Gasteiger partial charge in [-0.1, -0.05) is 96.0 Å². The van der Waals surface area contributed by atoms with E-state index in [2.05, 4.69) is 5.32 Å². The number of hydrogen-bond donors (Lipinski definition) is 1. The van der Waals surface area contributed by atoms with E-state index in [4.69, 9.17) is 11.6 Å². The smallest absolute Gasteiger partial charge is 0.278 e. The number of nitrogens with zero attached hydrogens (tertiary/aromatic N) is 1. The largest absolute Gasteiger partial charge is 0.350 e. The van der Waals surface area contributed by atoms with Crippen molar-refractivity contribution >= 4 is 45.4 Å². The van der Waals surface area contributed by atoms with Gasteiger partial charge in [0.25, 0.3) is 11.8 Å². The molecule has 1 aliphatic rings. The van der Waals surface area contributed by atoms with E-state index in [1.165, 1.54) is 4.90 Å². The topological polar surface area (TPSA) is 49.4 Å². The van der Waals surface area contributed by atoms with Crippen molar-refractivity contribution in [2.45, 2.75) is 13.5 Å². The Morgan fingerprint density at radius 1 is 0.788 bits per heavy atom. The Hall–Kier alpha value is -3.89. The molecule has 1 heterocycles. The first kappa shape index (κ1) is 21.0. The van der Waals surface area contributed by atoms with Crippen LogP contribution in [0.3, 0.4) is 0 Å². The molecular weight excluding hydrogens is 432 g/mol. The van der Waals surface area contributed by atoms with E-state index < -0.39 is 0 Å². The van der Waals surface area contributed by atoms with Crippen LogP contribution < -0.4 is 5.32 Å². The Kier molecular flexibility index (Phi) is 5.45. The summed E-state index contributed by atoms with van der Waals surface area (Å²) in [7, 11) is 0. The van der Waals surface area contributed by atoms with Crippen molar-refractivity contribution in [3.63, 3.8) is 0 Å². The molecule has 2 amide bonds. The fraction of sp³-hybridized carbons (Fsp3) is 0.0714. The third-order valence-corrected chi connectivity index (χ3v) is 6.21. The normalized spacial score (nSPS) is 13.8. The Bertz CT molecular complexity index is 1420. The molecule has 0 saturated carbocycles. The van der Waals surface area contributed by atoms with Gasteiger partial charge < -0.3 is 5.32 Å². The molecule has 0 aromatic heterocycles. The van der Waals surface area contributed by atoms with E-state index >= 15 is 0 Å². The third-order valence-electron chi connectivity index (χ3n) is 5.84. The molecule has 162 valence electrons. The van der Waals surface area contributed by atoms with Gasteiger partial charge >= 0.3 is 0 Å². The number of hydrogen-bond acceptors (Lipinski definition) is 3. The highest BCUT2D eigenvalue weighted by Crippen LogP contribution is 2.34. The van der Waals surface area contributed by atoms with Crippen LogP contribution in [-0.4, -0.2) is 16.7 Å². The molecule has 33 heavy (non-hydrogen) atoms. The van der Waals surface area contributed by atoms with Crippen molar-refractivity contribution in [2.24, 2.45) is 0 Å². The first-order chi connectivity index (χ1) is 16.0. The molecule has 0 bridgehead atoms. The summed E-state index contributed by atoms with van der Waals surface area (Å²) in [6.07, 6.45) is 0. The second kappa shape index (κ2) is 8.57. The number of benzene rings is 4. The Balaban J connectivity index is 1.60. The van der Waals surface area contributed by atoms with Gasteiger partial charge in [0.2, 0.25) is 0 Å². The molecule has 5 rings (SSSR count). The highest BCUT2D eigenvalue weighted by Gasteiger charge is 2.39. The molecule has 4 aromatic carbocycles. The van der Waals surface area contributed by atoms with Gasteiger partial charge in [-0.15, -0.1) is 0 Å². The van der Waals surface area contributed by atoms with Gasteiger partial charge in [-0.25, -0.2) is 0 Å². The monoisotopic (exact) mass is 452 g/mol. The highest BCUT2D eigenvalue weighted by molar-refractivity contribution is 6.37. The Morgan fingerprint density at radius 3 is 2.27 bits per heavy atom. The minimum absolute atomic E-state index is 0.105. The van der Waals surface area contributed by atoms with E-state index in [9.17, 15) is 9.59 Å². The lowest BCUT2D eigenvalue weighted by Crippen LogP contribution is -2.32. The van der Waals surface area contributed by atoms with Crippen LogP contribution in [0.2, 0.25) is 5.02 Å². The first-order valence-electron chi connectivity index (χ1n) is 10.7. The fourth-order valence-corrected chi connectivity index (χ4v) is 4.29. The van der Waals surface area contributed by atoms with Crippen molar-refractivity contribution in [3.8, 4) is 0 Å². The summed E-state index contributed by atoms with van der Waals surface area (Å²) < 4.78 is 0. The molecule has 0 atom stereocenters. The zero-order chi connectivity index (χ0) is 22.9. The predicted octanol–water partition coefficient (Wildman–Crippen LogP) is 6.19. The minimum atomic E-state index is -0.372. The molecular formula is C28H21ClN2O2. The lowest BCUT2D eigenvalue weighted by molar-refractivity contribution is -0.137. The molecule has 4 aromatic rings. The maximum Gasteiger partial charge on any atom is 0.278 e. The molecule has 0 spiro atoms. The van der Waals surface area contributed by atoms with Crippen LogP contribution in [0.25, 0.3) is 16.3 Å².